The Morgan fingerprint density at radius 2 is 1.25 bits per heavy atom. The van der Waals surface area contributed by atoms with Gasteiger partial charge in [0.1, 0.15) is 0 Å². The molecule has 120 valence electrons. The molecule has 1 saturated heterocycles. The summed E-state index contributed by atoms with van der Waals surface area (Å²) in [5.41, 5.74) is 0. The fourth-order valence-electron chi connectivity index (χ4n) is 2.70. The van der Waals surface area contributed by atoms with Crippen molar-refractivity contribution in [3.63, 3.8) is 0 Å². The standard InChI is InChI=1S/C17H35NS2/c1-2-3-4-5-6-7-8-9-10-14-17-19-20-18-15-12-11-13-16-18/h2-17H2,1H3. The van der Waals surface area contributed by atoms with Crippen LogP contribution in [-0.2, 0) is 0 Å². The minimum atomic E-state index is 1.32. The van der Waals surface area contributed by atoms with E-state index in [4.69, 9.17) is 0 Å². The van der Waals surface area contributed by atoms with Gasteiger partial charge < -0.3 is 0 Å². The van der Waals surface area contributed by atoms with Crippen LogP contribution in [0.25, 0.3) is 0 Å². The molecule has 0 aliphatic carbocycles. The van der Waals surface area contributed by atoms with Crippen molar-refractivity contribution in [1.29, 1.82) is 0 Å². The van der Waals surface area contributed by atoms with Gasteiger partial charge in [-0.25, -0.2) is 4.31 Å². The van der Waals surface area contributed by atoms with Crippen LogP contribution in [0, 0.1) is 0 Å². The fraction of sp³-hybridized carbons (Fsp3) is 1.00. The summed E-state index contributed by atoms with van der Waals surface area (Å²) in [4.78, 5) is 0. The maximum atomic E-state index is 2.56. The van der Waals surface area contributed by atoms with Crippen molar-refractivity contribution in [2.24, 2.45) is 0 Å². The van der Waals surface area contributed by atoms with Gasteiger partial charge in [0.15, 0.2) is 0 Å². The van der Waals surface area contributed by atoms with E-state index in [2.05, 4.69) is 22.0 Å². The SMILES string of the molecule is CCCCCCCCCCCCSSN1CCCCC1. The Labute approximate surface area is 135 Å². The van der Waals surface area contributed by atoms with Crippen LogP contribution in [-0.4, -0.2) is 23.1 Å². The third-order valence-electron chi connectivity index (χ3n) is 4.05. The summed E-state index contributed by atoms with van der Waals surface area (Å²) in [6, 6.07) is 0. The molecule has 3 heteroatoms. The highest BCUT2D eigenvalue weighted by Crippen LogP contribution is 2.29. The van der Waals surface area contributed by atoms with Crippen molar-refractivity contribution in [2.45, 2.75) is 90.4 Å². The lowest BCUT2D eigenvalue weighted by Gasteiger charge is -2.24. The van der Waals surface area contributed by atoms with Gasteiger partial charge in [0.25, 0.3) is 0 Å². The highest BCUT2D eigenvalue weighted by molar-refractivity contribution is 8.75. The molecule has 1 fully saturated rings. The molecule has 1 aliphatic heterocycles. The molecule has 0 unspecified atom stereocenters. The molecule has 0 aromatic carbocycles. The second-order valence-electron chi connectivity index (χ2n) is 6.07. The first-order chi connectivity index (χ1) is 9.93. The quantitative estimate of drug-likeness (QED) is 0.212. The van der Waals surface area contributed by atoms with Gasteiger partial charge in [0, 0.05) is 18.8 Å². The predicted octanol–water partition coefficient (Wildman–Crippen LogP) is 6.69. The molecule has 0 atom stereocenters. The Hall–Kier alpha value is 0.660. The minimum Gasteiger partial charge on any atom is -0.241 e. The summed E-state index contributed by atoms with van der Waals surface area (Å²) in [7, 11) is 4.11. The molecule has 0 spiro atoms. The highest BCUT2D eigenvalue weighted by atomic mass is 33.1. The van der Waals surface area contributed by atoms with Crippen LogP contribution in [0.15, 0.2) is 0 Å². The Morgan fingerprint density at radius 1 is 0.700 bits per heavy atom. The van der Waals surface area contributed by atoms with Gasteiger partial charge in [-0.1, -0.05) is 81.9 Å². The van der Waals surface area contributed by atoms with Crippen molar-refractivity contribution in [1.82, 2.24) is 4.31 Å². The van der Waals surface area contributed by atoms with Gasteiger partial charge >= 0.3 is 0 Å². The molecule has 1 rings (SSSR count). The van der Waals surface area contributed by atoms with E-state index in [0.717, 1.165) is 0 Å². The molecule has 1 nitrogen and oxygen atoms in total. The predicted molar refractivity (Wildman–Crippen MR) is 97.3 cm³/mol. The van der Waals surface area contributed by atoms with Crippen LogP contribution in [0.2, 0.25) is 0 Å². The normalized spacial score (nSPS) is 16.6. The van der Waals surface area contributed by atoms with Gasteiger partial charge in [0.05, 0.1) is 0 Å². The second-order valence-corrected chi connectivity index (χ2v) is 8.53. The van der Waals surface area contributed by atoms with E-state index < -0.39 is 0 Å². The van der Waals surface area contributed by atoms with Crippen molar-refractivity contribution < 1.29 is 0 Å². The molecule has 1 heterocycles. The van der Waals surface area contributed by atoms with E-state index in [1.54, 1.807) is 0 Å². The lowest BCUT2D eigenvalue weighted by atomic mass is 10.1. The molecule has 0 bridgehead atoms. The van der Waals surface area contributed by atoms with E-state index in [1.165, 1.54) is 102 Å². The van der Waals surface area contributed by atoms with Gasteiger partial charge in [-0.2, -0.15) is 0 Å². The molecule has 0 N–H and O–H groups in total. The van der Waals surface area contributed by atoms with Crippen LogP contribution in [0.4, 0.5) is 0 Å². The Bertz CT molecular complexity index is 193. The average Bonchev–Trinajstić information content (AvgIpc) is 2.49. The molecule has 20 heavy (non-hydrogen) atoms. The van der Waals surface area contributed by atoms with Gasteiger partial charge in [-0.15, -0.1) is 0 Å². The van der Waals surface area contributed by atoms with Gasteiger partial charge in [-0.3, -0.25) is 0 Å². The zero-order chi connectivity index (χ0) is 14.3. The van der Waals surface area contributed by atoms with Crippen molar-refractivity contribution in [3.8, 4) is 0 Å². The van der Waals surface area contributed by atoms with Gasteiger partial charge in [0.2, 0.25) is 0 Å². The summed E-state index contributed by atoms with van der Waals surface area (Å²) in [5, 5.41) is 0. The van der Waals surface area contributed by atoms with Crippen molar-refractivity contribution in [3.05, 3.63) is 0 Å². The summed E-state index contributed by atoms with van der Waals surface area (Å²) < 4.78 is 2.56. The van der Waals surface area contributed by atoms with Crippen LogP contribution in [0.5, 0.6) is 0 Å². The summed E-state index contributed by atoms with van der Waals surface area (Å²) >= 11 is 0. The first-order valence-electron chi connectivity index (χ1n) is 8.98. The number of nitrogens with zero attached hydrogens (tertiary/aromatic N) is 1. The van der Waals surface area contributed by atoms with Gasteiger partial charge in [-0.05, 0) is 30.2 Å². The maximum absolute atomic E-state index is 2.56. The smallest absolute Gasteiger partial charge is 0.00972 e. The Kier molecular flexibility index (Phi) is 13.6. The third-order valence-corrected chi connectivity index (χ3v) is 6.64. The van der Waals surface area contributed by atoms with Crippen LogP contribution < -0.4 is 0 Å². The number of hydrogen-bond donors (Lipinski definition) is 0. The molecular formula is C17H35NS2. The topological polar surface area (TPSA) is 3.24 Å². The average molecular weight is 318 g/mol. The number of piperidine rings is 1. The fourth-order valence-corrected chi connectivity index (χ4v) is 5.12. The first-order valence-corrected chi connectivity index (χ1v) is 11.3. The lowest BCUT2D eigenvalue weighted by molar-refractivity contribution is 0.383. The molecule has 0 aromatic rings. The summed E-state index contributed by atoms with van der Waals surface area (Å²) in [5.74, 6) is 1.34. The molecule has 0 amide bonds. The first kappa shape index (κ1) is 18.7. The molecular weight excluding hydrogens is 282 g/mol. The van der Waals surface area contributed by atoms with E-state index in [9.17, 15) is 0 Å². The van der Waals surface area contributed by atoms with Crippen molar-refractivity contribution >= 4 is 21.8 Å². The van der Waals surface area contributed by atoms with Crippen LogP contribution >= 0.6 is 21.8 Å². The number of rotatable bonds is 13. The minimum absolute atomic E-state index is 1.32. The summed E-state index contributed by atoms with van der Waals surface area (Å²) in [6.45, 7) is 4.92. The molecule has 0 aromatic heterocycles. The maximum Gasteiger partial charge on any atom is 0.00972 e. The Balaban J connectivity index is 1.70. The Morgan fingerprint density at radius 3 is 1.85 bits per heavy atom. The van der Waals surface area contributed by atoms with E-state index in [-0.39, 0.29) is 0 Å². The molecule has 0 saturated carbocycles. The zero-order valence-electron chi connectivity index (χ0n) is 13.6. The highest BCUT2D eigenvalue weighted by Gasteiger charge is 2.09. The number of hydrogen-bond acceptors (Lipinski definition) is 3. The van der Waals surface area contributed by atoms with Crippen molar-refractivity contribution in [2.75, 3.05) is 18.8 Å². The van der Waals surface area contributed by atoms with E-state index >= 15 is 0 Å². The van der Waals surface area contributed by atoms with E-state index in [1.807, 2.05) is 11.0 Å². The van der Waals surface area contributed by atoms with Crippen LogP contribution in [0.3, 0.4) is 0 Å². The summed E-state index contributed by atoms with van der Waals surface area (Å²) in [6.07, 6.45) is 18.7. The molecule has 0 radical (unpaired) electrons. The van der Waals surface area contributed by atoms with E-state index in [0.29, 0.717) is 0 Å². The zero-order valence-corrected chi connectivity index (χ0v) is 15.2. The monoisotopic (exact) mass is 317 g/mol. The largest absolute Gasteiger partial charge is 0.241 e. The second kappa shape index (κ2) is 14.6. The van der Waals surface area contributed by atoms with Crippen LogP contribution in [0.1, 0.15) is 90.4 Å². The molecule has 1 aliphatic rings. The lowest BCUT2D eigenvalue weighted by Crippen LogP contribution is -2.21. The number of unbranched alkanes of at least 4 members (excludes halogenated alkanes) is 9. The third kappa shape index (κ3) is 11.3.